The van der Waals surface area contributed by atoms with E-state index in [1.165, 1.54) is 6.08 Å². The third-order valence-electron chi connectivity index (χ3n) is 2.26. The Labute approximate surface area is 103 Å². The second kappa shape index (κ2) is 5.05. The van der Waals surface area contributed by atoms with Crippen LogP contribution in [0.3, 0.4) is 0 Å². The zero-order chi connectivity index (χ0) is 13.0. The van der Waals surface area contributed by atoms with Gasteiger partial charge in [0.2, 0.25) is 11.9 Å². The fourth-order valence-corrected chi connectivity index (χ4v) is 1.42. The molecule has 90 valence electrons. The lowest BCUT2D eigenvalue weighted by atomic mass is 10.2. The summed E-state index contributed by atoms with van der Waals surface area (Å²) in [6.07, 6.45) is 4.11. The minimum absolute atomic E-state index is 0.0290. The van der Waals surface area contributed by atoms with E-state index in [9.17, 15) is 15.3 Å². The molecular weight excluding hydrogens is 234 g/mol. The van der Waals surface area contributed by atoms with Crippen LogP contribution in [0.15, 0.2) is 42.6 Å². The number of hydrogen-bond donors (Lipinski definition) is 0. The van der Waals surface area contributed by atoms with Crippen LogP contribution in [-0.4, -0.2) is 10.0 Å². The number of nitro groups is 1. The molecule has 6 heteroatoms. The monoisotopic (exact) mass is 243 g/mol. The molecule has 0 aliphatic rings. The molecule has 0 N–H and O–H groups in total. The molecule has 18 heavy (non-hydrogen) atoms. The largest absolute Gasteiger partial charge is 0.594 e. The SMILES string of the molecule is O=[N+]([O-])c1cc[n+]([O-])nc1/C=C/c1ccccc1. The van der Waals surface area contributed by atoms with Gasteiger partial charge in [-0.3, -0.25) is 10.1 Å². The molecule has 0 fully saturated rings. The van der Waals surface area contributed by atoms with Crippen molar-refractivity contribution in [3.05, 3.63) is 69.2 Å². The lowest BCUT2D eigenvalue weighted by Gasteiger charge is -1.96. The van der Waals surface area contributed by atoms with E-state index in [0.29, 0.717) is 0 Å². The van der Waals surface area contributed by atoms with E-state index in [1.807, 2.05) is 30.3 Å². The van der Waals surface area contributed by atoms with E-state index in [-0.39, 0.29) is 16.2 Å². The van der Waals surface area contributed by atoms with Crippen molar-refractivity contribution in [1.82, 2.24) is 5.10 Å². The van der Waals surface area contributed by atoms with E-state index in [4.69, 9.17) is 0 Å². The Hall–Kier alpha value is -2.76. The zero-order valence-corrected chi connectivity index (χ0v) is 9.26. The summed E-state index contributed by atoms with van der Waals surface area (Å²) in [6.45, 7) is 0. The van der Waals surface area contributed by atoms with Crippen LogP contribution in [0.2, 0.25) is 0 Å². The van der Waals surface area contributed by atoms with Gasteiger partial charge in [-0.2, -0.15) is 0 Å². The van der Waals surface area contributed by atoms with Crippen molar-refractivity contribution in [2.45, 2.75) is 0 Å². The van der Waals surface area contributed by atoms with Gasteiger partial charge in [0.15, 0.2) is 0 Å². The van der Waals surface area contributed by atoms with Gasteiger partial charge < -0.3 is 5.21 Å². The van der Waals surface area contributed by atoms with E-state index in [1.54, 1.807) is 6.08 Å². The average Bonchev–Trinajstić information content (AvgIpc) is 2.37. The average molecular weight is 243 g/mol. The van der Waals surface area contributed by atoms with Gasteiger partial charge >= 0.3 is 5.69 Å². The smallest absolute Gasteiger partial charge is 0.307 e. The normalized spacial score (nSPS) is 10.7. The molecular formula is C12H9N3O3. The van der Waals surface area contributed by atoms with Crippen molar-refractivity contribution >= 4 is 17.8 Å². The summed E-state index contributed by atoms with van der Waals surface area (Å²) < 4.78 is 0. The van der Waals surface area contributed by atoms with E-state index in [0.717, 1.165) is 17.8 Å². The van der Waals surface area contributed by atoms with E-state index >= 15 is 0 Å². The Morgan fingerprint density at radius 3 is 2.56 bits per heavy atom. The Morgan fingerprint density at radius 1 is 1.17 bits per heavy atom. The molecule has 0 radical (unpaired) electrons. The number of rotatable bonds is 3. The second-order valence-corrected chi connectivity index (χ2v) is 3.49. The van der Waals surface area contributed by atoms with Gasteiger partial charge in [0.05, 0.1) is 11.0 Å². The van der Waals surface area contributed by atoms with Crippen molar-refractivity contribution in [3.63, 3.8) is 0 Å². The maximum atomic E-state index is 11.0. The molecule has 0 aliphatic carbocycles. The van der Waals surface area contributed by atoms with Crippen LogP contribution in [0.5, 0.6) is 0 Å². The molecule has 0 saturated carbocycles. The number of aromatic nitrogens is 2. The molecule has 0 spiro atoms. The summed E-state index contributed by atoms with van der Waals surface area (Å²) in [5, 5.41) is 25.3. The van der Waals surface area contributed by atoms with Gasteiger partial charge in [-0.25, -0.2) is 0 Å². The van der Waals surface area contributed by atoms with Crippen molar-refractivity contribution < 1.29 is 9.77 Å². The summed E-state index contributed by atoms with van der Waals surface area (Å²) in [5.41, 5.74) is 0.700. The maximum absolute atomic E-state index is 11.0. The third kappa shape index (κ3) is 2.67. The number of hydrogen-bond acceptors (Lipinski definition) is 4. The summed E-state index contributed by atoms with van der Waals surface area (Å²) in [5.74, 6) is 0. The highest BCUT2D eigenvalue weighted by Crippen LogP contribution is 2.16. The lowest BCUT2D eigenvalue weighted by molar-refractivity contribution is -0.670. The van der Waals surface area contributed by atoms with Crippen LogP contribution in [-0.2, 0) is 0 Å². The molecule has 1 aromatic carbocycles. The lowest BCUT2D eigenvalue weighted by Crippen LogP contribution is -2.31. The van der Waals surface area contributed by atoms with Crippen LogP contribution in [0.4, 0.5) is 5.69 Å². The predicted molar refractivity (Wildman–Crippen MR) is 65.2 cm³/mol. The highest BCUT2D eigenvalue weighted by atomic mass is 16.6. The predicted octanol–water partition coefficient (Wildman–Crippen LogP) is 1.79. The molecule has 0 atom stereocenters. The molecule has 1 heterocycles. The first kappa shape index (κ1) is 11.7. The summed E-state index contributed by atoms with van der Waals surface area (Å²) in [4.78, 5) is 10.5. The van der Waals surface area contributed by atoms with Crippen LogP contribution in [0, 0.1) is 15.3 Å². The molecule has 6 nitrogen and oxygen atoms in total. The Morgan fingerprint density at radius 2 is 1.89 bits per heavy atom. The third-order valence-corrected chi connectivity index (χ3v) is 2.26. The highest BCUT2D eigenvalue weighted by molar-refractivity contribution is 5.71. The number of benzene rings is 1. The zero-order valence-electron chi connectivity index (χ0n) is 9.26. The van der Waals surface area contributed by atoms with E-state index in [2.05, 4.69) is 5.10 Å². The van der Waals surface area contributed by atoms with Crippen molar-refractivity contribution in [2.24, 2.45) is 0 Å². The fourth-order valence-electron chi connectivity index (χ4n) is 1.42. The van der Waals surface area contributed by atoms with Crippen molar-refractivity contribution in [1.29, 1.82) is 0 Å². The molecule has 2 aromatic rings. The molecule has 0 aliphatic heterocycles. The Kier molecular flexibility index (Phi) is 3.29. The van der Waals surface area contributed by atoms with Gasteiger partial charge in [-0.05, 0) is 11.6 Å². The van der Waals surface area contributed by atoms with Gasteiger partial charge in [0.1, 0.15) is 0 Å². The standard InChI is InChI=1S/C12H9N3O3/c16-14-9-8-12(15(17)18)11(13-14)7-6-10-4-2-1-3-5-10/h1-9H/b7-6+. The van der Waals surface area contributed by atoms with Crippen molar-refractivity contribution in [2.75, 3.05) is 0 Å². The van der Waals surface area contributed by atoms with Gasteiger partial charge in [-0.1, -0.05) is 41.3 Å². The minimum Gasteiger partial charge on any atom is -0.594 e. The topological polar surface area (TPSA) is 83.0 Å². The Balaban J connectivity index is 2.36. The minimum atomic E-state index is -0.572. The first-order chi connectivity index (χ1) is 8.66. The second-order valence-electron chi connectivity index (χ2n) is 3.49. The highest BCUT2D eigenvalue weighted by Gasteiger charge is 2.16. The molecule has 2 rings (SSSR count). The Bertz CT molecular complexity index is 597. The van der Waals surface area contributed by atoms with E-state index < -0.39 is 4.92 Å². The molecule has 0 amide bonds. The summed E-state index contributed by atoms with van der Waals surface area (Å²) >= 11 is 0. The summed E-state index contributed by atoms with van der Waals surface area (Å²) in [7, 11) is 0. The molecule has 0 saturated heterocycles. The fraction of sp³-hybridized carbons (Fsp3) is 0. The van der Waals surface area contributed by atoms with Crippen LogP contribution >= 0.6 is 0 Å². The van der Waals surface area contributed by atoms with Crippen LogP contribution in [0.1, 0.15) is 11.3 Å². The van der Waals surface area contributed by atoms with Gasteiger partial charge in [0.25, 0.3) is 0 Å². The van der Waals surface area contributed by atoms with Gasteiger partial charge in [-0.15, -0.1) is 0 Å². The van der Waals surface area contributed by atoms with Crippen molar-refractivity contribution in [3.8, 4) is 0 Å². The van der Waals surface area contributed by atoms with Crippen LogP contribution < -0.4 is 4.85 Å². The first-order valence-electron chi connectivity index (χ1n) is 5.15. The first-order valence-corrected chi connectivity index (χ1v) is 5.15. The summed E-state index contributed by atoms with van der Waals surface area (Å²) in [6, 6.07) is 10.4. The molecule has 0 bridgehead atoms. The number of nitrogens with zero attached hydrogens (tertiary/aromatic N) is 3. The van der Waals surface area contributed by atoms with Gasteiger partial charge in [0, 0.05) is 5.10 Å². The van der Waals surface area contributed by atoms with Crippen LogP contribution in [0.25, 0.3) is 12.2 Å². The molecule has 1 aromatic heterocycles. The molecule has 0 unspecified atom stereocenters. The maximum Gasteiger partial charge on any atom is 0.307 e. The quantitative estimate of drug-likeness (QED) is 0.356.